The topological polar surface area (TPSA) is 35.9 Å². The van der Waals surface area contributed by atoms with Crippen LogP contribution in [0.2, 0.25) is 5.02 Å². The van der Waals surface area contributed by atoms with Gasteiger partial charge in [0.25, 0.3) is 0 Å². The number of halogens is 1. The lowest BCUT2D eigenvalue weighted by Gasteiger charge is -2.26. The molecule has 5 heteroatoms. The molecule has 0 unspecified atom stereocenters. The standard InChI is InChI=1S/C17H20ClN3O/c1-3-11-21(13-14-7-5-4-6-8-14)17-10-9-15(12-16(17)18)20(2)19-22/h4-10,12H,3,11,13H2,1-2H3. The molecule has 0 heterocycles. The van der Waals surface area contributed by atoms with Crippen molar-refractivity contribution in [2.24, 2.45) is 5.29 Å². The van der Waals surface area contributed by atoms with Gasteiger partial charge in [-0.25, -0.2) is 5.01 Å². The summed E-state index contributed by atoms with van der Waals surface area (Å²) in [6.45, 7) is 3.86. The van der Waals surface area contributed by atoms with Crippen LogP contribution in [0.3, 0.4) is 0 Å². The zero-order valence-electron chi connectivity index (χ0n) is 12.9. The van der Waals surface area contributed by atoms with Crippen molar-refractivity contribution in [2.45, 2.75) is 19.9 Å². The van der Waals surface area contributed by atoms with Crippen molar-refractivity contribution in [2.75, 3.05) is 23.5 Å². The van der Waals surface area contributed by atoms with E-state index in [0.717, 1.165) is 25.2 Å². The van der Waals surface area contributed by atoms with Crippen molar-refractivity contribution >= 4 is 23.0 Å². The zero-order valence-corrected chi connectivity index (χ0v) is 13.6. The molecule has 22 heavy (non-hydrogen) atoms. The van der Waals surface area contributed by atoms with Gasteiger partial charge in [-0.05, 0) is 30.2 Å². The van der Waals surface area contributed by atoms with Gasteiger partial charge in [0, 0.05) is 20.1 Å². The van der Waals surface area contributed by atoms with Crippen LogP contribution in [-0.2, 0) is 6.54 Å². The summed E-state index contributed by atoms with van der Waals surface area (Å²) in [6.07, 6.45) is 1.03. The highest BCUT2D eigenvalue weighted by Gasteiger charge is 2.12. The van der Waals surface area contributed by atoms with Gasteiger partial charge >= 0.3 is 0 Å². The third-order valence-corrected chi connectivity index (χ3v) is 3.78. The lowest BCUT2D eigenvalue weighted by molar-refractivity contribution is 0.767. The fraction of sp³-hybridized carbons (Fsp3) is 0.294. The Kier molecular flexibility index (Phi) is 5.78. The van der Waals surface area contributed by atoms with E-state index in [0.29, 0.717) is 10.7 Å². The highest BCUT2D eigenvalue weighted by molar-refractivity contribution is 6.33. The van der Waals surface area contributed by atoms with Crippen LogP contribution in [0.5, 0.6) is 0 Å². The third-order valence-electron chi connectivity index (χ3n) is 3.48. The summed E-state index contributed by atoms with van der Waals surface area (Å²) in [5, 5.41) is 4.77. The predicted molar refractivity (Wildman–Crippen MR) is 93.4 cm³/mol. The van der Waals surface area contributed by atoms with Gasteiger partial charge < -0.3 is 4.90 Å². The Labute approximate surface area is 136 Å². The molecule has 0 aromatic heterocycles. The minimum absolute atomic E-state index is 0.623. The molecular formula is C17H20ClN3O. The highest BCUT2D eigenvalue weighted by Crippen LogP contribution is 2.31. The Morgan fingerprint density at radius 1 is 1.14 bits per heavy atom. The number of anilines is 2. The molecule has 2 aromatic carbocycles. The largest absolute Gasteiger partial charge is 0.366 e. The van der Waals surface area contributed by atoms with Crippen LogP contribution in [0, 0.1) is 4.91 Å². The van der Waals surface area contributed by atoms with Gasteiger partial charge in [-0.15, -0.1) is 4.91 Å². The first-order valence-electron chi connectivity index (χ1n) is 7.31. The Morgan fingerprint density at radius 2 is 1.86 bits per heavy atom. The first-order chi connectivity index (χ1) is 10.7. The molecule has 4 nitrogen and oxygen atoms in total. The summed E-state index contributed by atoms with van der Waals surface area (Å²) in [7, 11) is 1.60. The molecule has 0 N–H and O–H groups in total. The SMILES string of the molecule is CCCN(Cc1ccccc1)c1ccc(N(C)N=O)cc1Cl. The van der Waals surface area contributed by atoms with Gasteiger partial charge in [-0.2, -0.15) is 0 Å². The van der Waals surface area contributed by atoms with Crippen LogP contribution in [0.25, 0.3) is 0 Å². The molecule has 0 aliphatic heterocycles. The van der Waals surface area contributed by atoms with Crippen LogP contribution < -0.4 is 9.91 Å². The van der Waals surface area contributed by atoms with Crippen molar-refractivity contribution in [1.29, 1.82) is 0 Å². The molecule has 2 aromatic rings. The van der Waals surface area contributed by atoms with Crippen LogP contribution in [0.1, 0.15) is 18.9 Å². The highest BCUT2D eigenvalue weighted by atomic mass is 35.5. The van der Waals surface area contributed by atoms with E-state index >= 15 is 0 Å². The smallest absolute Gasteiger partial charge is 0.0661 e. The van der Waals surface area contributed by atoms with Gasteiger partial charge in [0.15, 0.2) is 0 Å². The van der Waals surface area contributed by atoms with Gasteiger partial charge in [-0.1, -0.05) is 48.9 Å². The molecule has 0 amide bonds. The van der Waals surface area contributed by atoms with Crippen LogP contribution >= 0.6 is 11.6 Å². The van der Waals surface area contributed by atoms with E-state index in [2.05, 4.69) is 29.2 Å². The molecule has 116 valence electrons. The summed E-state index contributed by atoms with van der Waals surface area (Å²) in [5.74, 6) is 0. The number of benzene rings is 2. The van der Waals surface area contributed by atoms with E-state index in [9.17, 15) is 4.91 Å². The van der Waals surface area contributed by atoms with Crippen LogP contribution in [-0.4, -0.2) is 13.6 Å². The van der Waals surface area contributed by atoms with E-state index in [1.165, 1.54) is 10.6 Å². The van der Waals surface area contributed by atoms with Gasteiger partial charge in [0.2, 0.25) is 0 Å². The Balaban J connectivity index is 2.26. The second-order valence-corrected chi connectivity index (χ2v) is 5.56. The molecule has 0 aliphatic rings. The molecule has 0 radical (unpaired) electrons. The Hall–Kier alpha value is -2.07. The maximum atomic E-state index is 10.6. The fourth-order valence-electron chi connectivity index (χ4n) is 2.36. The maximum absolute atomic E-state index is 10.6. The number of nitrogens with zero attached hydrogens (tertiary/aromatic N) is 3. The third kappa shape index (κ3) is 3.98. The van der Waals surface area contributed by atoms with E-state index in [1.807, 2.05) is 30.3 Å². The normalized spacial score (nSPS) is 10.3. The minimum atomic E-state index is 0.623. The second-order valence-electron chi connectivity index (χ2n) is 5.15. The number of hydrogen-bond acceptors (Lipinski definition) is 3. The lowest BCUT2D eigenvalue weighted by Crippen LogP contribution is -2.23. The first kappa shape index (κ1) is 16.3. The van der Waals surface area contributed by atoms with E-state index in [1.54, 1.807) is 13.1 Å². The Morgan fingerprint density at radius 3 is 2.45 bits per heavy atom. The van der Waals surface area contributed by atoms with Gasteiger partial charge in [0.05, 0.1) is 21.7 Å². The van der Waals surface area contributed by atoms with E-state index < -0.39 is 0 Å². The molecule has 0 fully saturated rings. The monoisotopic (exact) mass is 317 g/mol. The summed E-state index contributed by atoms with van der Waals surface area (Å²) in [4.78, 5) is 12.8. The van der Waals surface area contributed by atoms with Crippen molar-refractivity contribution < 1.29 is 0 Å². The molecule has 0 aliphatic carbocycles. The number of hydrogen-bond donors (Lipinski definition) is 0. The molecular weight excluding hydrogens is 298 g/mol. The molecule has 0 spiro atoms. The summed E-state index contributed by atoms with van der Waals surface area (Å²) in [5.41, 5.74) is 2.89. The van der Waals surface area contributed by atoms with E-state index in [4.69, 9.17) is 11.6 Å². The van der Waals surface area contributed by atoms with Crippen LogP contribution in [0.15, 0.2) is 53.8 Å². The maximum Gasteiger partial charge on any atom is 0.0661 e. The minimum Gasteiger partial charge on any atom is -0.366 e. The van der Waals surface area contributed by atoms with Crippen molar-refractivity contribution in [3.8, 4) is 0 Å². The van der Waals surface area contributed by atoms with Gasteiger partial charge in [0.1, 0.15) is 0 Å². The van der Waals surface area contributed by atoms with Crippen molar-refractivity contribution in [3.05, 3.63) is 64.0 Å². The number of rotatable bonds is 7. The van der Waals surface area contributed by atoms with Gasteiger partial charge in [-0.3, -0.25) is 0 Å². The summed E-state index contributed by atoms with van der Waals surface area (Å²) in [6, 6.07) is 15.9. The molecule has 2 rings (SSSR count). The quantitative estimate of drug-likeness (QED) is 0.539. The molecule has 0 saturated heterocycles. The van der Waals surface area contributed by atoms with E-state index in [-0.39, 0.29) is 0 Å². The first-order valence-corrected chi connectivity index (χ1v) is 7.69. The summed E-state index contributed by atoms with van der Waals surface area (Å²) >= 11 is 6.42. The lowest BCUT2D eigenvalue weighted by atomic mass is 10.2. The average molecular weight is 318 g/mol. The van der Waals surface area contributed by atoms with Crippen molar-refractivity contribution in [3.63, 3.8) is 0 Å². The average Bonchev–Trinajstić information content (AvgIpc) is 2.54. The van der Waals surface area contributed by atoms with Crippen molar-refractivity contribution in [1.82, 2.24) is 0 Å². The van der Waals surface area contributed by atoms with Crippen LogP contribution in [0.4, 0.5) is 11.4 Å². The zero-order chi connectivity index (χ0) is 15.9. The molecule has 0 saturated carbocycles. The molecule has 0 bridgehead atoms. The summed E-state index contributed by atoms with van der Waals surface area (Å²) < 4.78 is 0. The molecule has 0 atom stereocenters. The Bertz CT molecular complexity index is 619. The predicted octanol–water partition coefficient (Wildman–Crippen LogP) is 4.87. The number of nitroso groups, excluding NO2 is 1. The second kappa shape index (κ2) is 7.80. The fourth-order valence-corrected chi connectivity index (χ4v) is 2.65.